The third-order valence-electron chi connectivity index (χ3n) is 2.54. The highest BCUT2D eigenvalue weighted by Gasteiger charge is 2.32. The number of aryl methyl sites for hydroxylation is 1. The first kappa shape index (κ1) is 11.8. The van der Waals surface area contributed by atoms with Crippen LogP contribution in [0.2, 0.25) is 0 Å². The zero-order valence-electron chi connectivity index (χ0n) is 9.77. The van der Waals surface area contributed by atoms with E-state index >= 15 is 0 Å². The third kappa shape index (κ3) is 3.09. The quantitative estimate of drug-likeness (QED) is 0.761. The normalized spacial score (nSPS) is 16.1. The lowest BCUT2D eigenvalue weighted by atomic mass is 10.1. The van der Waals surface area contributed by atoms with Gasteiger partial charge in [-0.25, -0.2) is 0 Å². The SMILES string of the molecule is CC.Cc1cnn(C(CC#N)C2CC2)c1. The van der Waals surface area contributed by atoms with E-state index in [9.17, 15) is 0 Å². The Hall–Kier alpha value is -1.30. The molecule has 1 unspecified atom stereocenters. The minimum atomic E-state index is 0.318. The highest BCUT2D eigenvalue weighted by Crippen LogP contribution is 2.41. The van der Waals surface area contributed by atoms with Crippen LogP contribution in [0.4, 0.5) is 0 Å². The van der Waals surface area contributed by atoms with Crippen molar-refractivity contribution in [2.24, 2.45) is 5.92 Å². The number of rotatable bonds is 3. The summed E-state index contributed by atoms with van der Waals surface area (Å²) in [6.07, 6.45) is 6.98. The summed E-state index contributed by atoms with van der Waals surface area (Å²) in [5.41, 5.74) is 1.17. The van der Waals surface area contributed by atoms with Gasteiger partial charge >= 0.3 is 0 Å². The maximum Gasteiger partial charge on any atom is 0.0677 e. The van der Waals surface area contributed by atoms with Crippen LogP contribution in [0.25, 0.3) is 0 Å². The first-order valence-corrected chi connectivity index (χ1v) is 5.69. The lowest BCUT2D eigenvalue weighted by Crippen LogP contribution is -2.10. The second kappa shape index (κ2) is 5.55. The number of hydrogen-bond donors (Lipinski definition) is 0. The molecule has 0 aliphatic heterocycles. The van der Waals surface area contributed by atoms with Crippen molar-refractivity contribution in [3.05, 3.63) is 18.0 Å². The Kier molecular flexibility index (Phi) is 4.36. The molecule has 1 atom stereocenters. The van der Waals surface area contributed by atoms with Crippen molar-refractivity contribution in [1.82, 2.24) is 9.78 Å². The van der Waals surface area contributed by atoms with Crippen LogP contribution in [0.3, 0.4) is 0 Å². The van der Waals surface area contributed by atoms with Gasteiger partial charge in [-0.2, -0.15) is 10.4 Å². The van der Waals surface area contributed by atoms with Crippen molar-refractivity contribution < 1.29 is 0 Å². The summed E-state index contributed by atoms with van der Waals surface area (Å²) in [5.74, 6) is 0.693. The van der Waals surface area contributed by atoms with Crippen molar-refractivity contribution in [2.75, 3.05) is 0 Å². The average Bonchev–Trinajstić information content (AvgIpc) is 3.01. The molecule has 0 N–H and O–H groups in total. The van der Waals surface area contributed by atoms with Crippen molar-refractivity contribution in [1.29, 1.82) is 5.26 Å². The molecular weight excluding hydrogens is 186 g/mol. The Balaban J connectivity index is 0.000000531. The van der Waals surface area contributed by atoms with E-state index < -0.39 is 0 Å². The van der Waals surface area contributed by atoms with Gasteiger partial charge < -0.3 is 0 Å². The van der Waals surface area contributed by atoms with Gasteiger partial charge in [0.15, 0.2) is 0 Å². The van der Waals surface area contributed by atoms with Crippen molar-refractivity contribution in [2.45, 2.75) is 46.1 Å². The predicted molar refractivity (Wildman–Crippen MR) is 60.3 cm³/mol. The molecule has 3 nitrogen and oxygen atoms in total. The van der Waals surface area contributed by atoms with Crippen molar-refractivity contribution >= 4 is 0 Å². The third-order valence-corrected chi connectivity index (χ3v) is 2.54. The average molecular weight is 205 g/mol. The minimum absolute atomic E-state index is 0.318. The lowest BCUT2D eigenvalue weighted by molar-refractivity contribution is 0.412. The molecule has 0 saturated heterocycles. The Morgan fingerprint density at radius 1 is 1.60 bits per heavy atom. The van der Waals surface area contributed by atoms with Gasteiger partial charge in [0.05, 0.1) is 24.7 Å². The Bertz CT molecular complexity index is 331. The number of nitrogens with zero attached hydrogens (tertiary/aromatic N) is 3. The maximum absolute atomic E-state index is 8.69. The van der Waals surface area contributed by atoms with Crippen LogP contribution in [0.5, 0.6) is 0 Å². The summed E-state index contributed by atoms with van der Waals surface area (Å²) < 4.78 is 1.95. The molecule has 1 heterocycles. The van der Waals surface area contributed by atoms with Crippen LogP contribution in [-0.2, 0) is 0 Å². The van der Waals surface area contributed by atoms with Gasteiger partial charge in [0, 0.05) is 6.20 Å². The highest BCUT2D eigenvalue weighted by molar-refractivity contribution is 5.02. The molecule has 0 bridgehead atoms. The summed E-state index contributed by atoms with van der Waals surface area (Å²) in [4.78, 5) is 0. The van der Waals surface area contributed by atoms with Gasteiger partial charge in [0.1, 0.15) is 0 Å². The van der Waals surface area contributed by atoms with Gasteiger partial charge in [-0.1, -0.05) is 13.8 Å². The summed E-state index contributed by atoms with van der Waals surface area (Å²) in [6, 6.07) is 2.55. The van der Waals surface area contributed by atoms with Gasteiger partial charge in [0.2, 0.25) is 0 Å². The van der Waals surface area contributed by atoms with Gasteiger partial charge in [0.25, 0.3) is 0 Å². The fourth-order valence-corrected chi connectivity index (χ4v) is 1.67. The molecule has 1 saturated carbocycles. The monoisotopic (exact) mass is 205 g/mol. The van der Waals surface area contributed by atoms with E-state index in [0.717, 1.165) is 0 Å². The molecule has 0 amide bonds. The number of hydrogen-bond acceptors (Lipinski definition) is 2. The van der Waals surface area contributed by atoms with E-state index in [1.165, 1.54) is 18.4 Å². The minimum Gasteiger partial charge on any atom is -0.268 e. The summed E-state index contributed by atoms with van der Waals surface area (Å²) in [6.45, 7) is 6.03. The van der Waals surface area contributed by atoms with E-state index in [-0.39, 0.29) is 0 Å². The zero-order chi connectivity index (χ0) is 11.3. The van der Waals surface area contributed by atoms with Crippen LogP contribution < -0.4 is 0 Å². The zero-order valence-corrected chi connectivity index (χ0v) is 9.77. The largest absolute Gasteiger partial charge is 0.268 e. The second-order valence-electron chi connectivity index (χ2n) is 3.76. The molecule has 1 aliphatic rings. The molecule has 82 valence electrons. The fraction of sp³-hybridized carbons (Fsp3) is 0.667. The topological polar surface area (TPSA) is 41.6 Å². The van der Waals surface area contributed by atoms with Gasteiger partial charge in [-0.15, -0.1) is 0 Å². The molecule has 0 spiro atoms. The second-order valence-corrected chi connectivity index (χ2v) is 3.76. The predicted octanol–water partition coefficient (Wildman–Crippen LogP) is 3.08. The first-order chi connectivity index (χ1) is 7.31. The highest BCUT2D eigenvalue weighted by atomic mass is 15.3. The van der Waals surface area contributed by atoms with Crippen LogP contribution in [0.1, 0.15) is 44.7 Å². The molecule has 1 aromatic rings. The molecule has 1 aliphatic carbocycles. The van der Waals surface area contributed by atoms with E-state index in [4.69, 9.17) is 5.26 Å². The standard InChI is InChI=1S/C10H13N3.C2H6/c1-8-6-12-13(7-8)10(4-5-11)9-2-3-9;1-2/h6-7,9-10H,2-4H2,1H3;1-2H3. The van der Waals surface area contributed by atoms with Crippen LogP contribution in [0.15, 0.2) is 12.4 Å². The molecule has 2 rings (SSSR count). The number of nitriles is 1. The first-order valence-electron chi connectivity index (χ1n) is 5.69. The van der Waals surface area contributed by atoms with Crippen LogP contribution in [-0.4, -0.2) is 9.78 Å². The van der Waals surface area contributed by atoms with E-state index in [2.05, 4.69) is 11.2 Å². The molecule has 0 radical (unpaired) electrons. The van der Waals surface area contributed by atoms with E-state index in [1.54, 1.807) is 0 Å². The molecule has 1 aromatic heterocycles. The molecular formula is C12H19N3. The molecule has 15 heavy (non-hydrogen) atoms. The molecule has 1 fully saturated rings. The van der Waals surface area contributed by atoms with Crippen molar-refractivity contribution in [3.63, 3.8) is 0 Å². The lowest BCUT2D eigenvalue weighted by Gasteiger charge is -2.12. The van der Waals surface area contributed by atoms with Gasteiger partial charge in [-0.3, -0.25) is 4.68 Å². The molecule has 0 aromatic carbocycles. The van der Waals surface area contributed by atoms with Crippen LogP contribution >= 0.6 is 0 Å². The fourth-order valence-electron chi connectivity index (χ4n) is 1.67. The Labute approximate surface area is 91.7 Å². The van der Waals surface area contributed by atoms with E-state index in [0.29, 0.717) is 18.4 Å². The summed E-state index contributed by atoms with van der Waals surface area (Å²) in [7, 11) is 0. The Morgan fingerprint density at radius 2 is 2.27 bits per heavy atom. The summed E-state index contributed by atoms with van der Waals surface area (Å²) >= 11 is 0. The number of aromatic nitrogens is 2. The Morgan fingerprint density at radius 3 is 2.67 bits per heavy atom. The van der Waals surface area contributed by atoms with Crippen LogP contribution in [0, 0.1) is 24.2 Å². The summed E-state index contributed by atoms with van der Waals surface area (Å²) in [5, 5.41) is 13.0. The van der Waals surface area contributed by atoms with Gasteiger partial charge in [-0.05, 0) is 31.2 Å². The van der Waals surface area contributed by atoms with Crippen molar-refractivity contribution in [3.8, 4) is 6.07 Å². The van der Waals surface area contributed by atoms with E-state index in [1.807, 2.05) is 37.8 Å². The maximum atomic E-state index is 8.69. The molecule has 3 heteroatoms. The smallest absolute Gasteiger partial charge is 0.0677 e.